The van der Waals surface area contributed by atoms with Crippen LogP contribution in [0.2, 0.25) is 0 Å². The van der Waals surface area contributed by atoms with Crippen LogP contribution in [0.5, 0.6) is 0 Å². The molecule has 0 radical (unpaired) electrons. The fourth-order valence-corrected chi connectivity index (χ4v) is 2.46. The zero-order valence-electron chi connectivity index (χ0n) is 12.6. The van der Waals surface area contributed by atoms with Gasteiger partial charge in [0.05, 0.1) is 0 Å². The molecule has 0 heterocycles. The van der Waals surface area contributed by atoms with E-state index in [1.54, 1.807) is 6.07 Å². The summed E-state index contributed by atoms with van der Waals surface area (Å²) in [7, 11) is 1.90. The monoisotopic (exact) mass is 266 g/mol. The Labute approximate surface area is 117 Å². The lowest BCUT2D eigenvalue weighted by Gasteiger charge is -2.29. The van der Waals surface area contributed by atoms with Crippen LogP contribution in [0.4, 0.5) is 4.39 Å². The molecule has 0 aliphatic rings. The number of hydrogen-bond acceptors (Lipinski definition) is 2. The van der Waals surface area contributed by atoms with Crippen molar-refractivity contribution in [2.45, 2.75) is 45.7 Å². The molecule has 1 aromatic rings. The fraction of sp³-hybridized carbons (Fsp3) is 0.625. The second-order valence-electron chi connectivity index (χ2n) is 5.04. The lowest BCUT2D eigenvalue weighted by atomic mass is 10.0. The van der Waals surface area contributed by atoms with Crippen LogP contribution < -0.4 is 5.32 Å². The average Bonchev–Trinajstić information content (AvgIpc) is 2.44. The van der Waals surface area contributed by atoms with Gasteiger partial charge in [0.25, 0.3) is 0 Å². The highest BCUT2D eigenvalue weighted by molar-refractivity contribution is 5.21. The number of halogens is 1. The van der Waals surface area contributed by atoms with Crippen LogP contribution in [0.15, 0.2) is 24.3 Å². The van der Waals surface area contributed by atoms with Gasteiger partial charge in [-0.05, 0) is 39.4 Å². The van der Waals surface area contributed by atoms with Crippen molar-refractivity contribution in [2.75, 3.05) is 20.1 Å². The topological polar surface area (TPSA) is 15.3 Å². The Kier molecular flexibility index (Phi) is 7.03. The van der Waals surface area contributed by atoms with Crippen LogP contribution in [0.1, 0.15) is 45.2 Å². The number of nitrogens with one attached hydrogen (secondary N) is 1. The number of nitrogens with zero attached hydrogens (tertiary/aromatic N) is 1. The molecule has 0 fully saturated rings. The molecule has 1 rings (SSSR count). The Balaban J connectivity index is 2.65. The van der Waals surface area contributed by atoms with Gasteiger partial charge in [0.15, 0.2) is 0 Å². The van der Waals surface area contributed by atoms with E-state index in [9.17, 15) is 4.39 Å². The van der Waals surface area contributed by atoms with Crippen molar-refractivity contribution in [3.8, 4) is 0 Å². The Hall–Kier alpha value is -0.930. The van der Waals surface area contributed by atoms with Gasteiger partial charge in [-0.2, -0.15) is 0 Å². The van der Waals surface area contributed by atoms with Crippen molar-refractivity contribution >= 4 is 0 Å². The minimum absolute atomic E-state index is 0.0827. The number of rotatable bonds is 8. The fourth-order valence-electron chi connectivity index (χ4n) is 2.46. The largest absolute Gasteiger partial charge is 0.313 e. The van der Waals surface area contributed by atoms with Crippen LogP contribution in [0, 0.1) is 5.82 Å². The van der Waals surface area contributed by atoms with Crippen LogP contribution in [-0.4, -0.2) is 31.1 Å². The zero-order valence-corrected chi connectivity index (χ0v) is 12.6. The van der Waals surface area contributed by atoms with Gasteiger partial charge in [-0.3, -0.25) is 0 Å². The first-order chi connectivity index (χ1) is 9.13. The summed E-state index contributed by atoms with van der Waals surface area (Å²) in [5, 5.41) is 3.23. The highest BCUT2D eigenvalue weighted by Crippen LogP contribution is 2.20. The van der Waals surface area contributed by atoms with Gasteiger partial charge in [0.1, 0.15) is 5.82 Å². The SMILES string of the molecule is CCC(C)N(CC)CCC(NC)c1ccccc1F. The summed E-state index contributed by atoms with van der Waals surface area (Å²) < 4.78 is 13.8. The normalized spacial score (nSPS) is 14.6. The first kappa shape index (κ1) is 16.1. The summed E-state index contributed by atoms with van der Waals surface area (Å²) in [4.78, 5) is 2.45. The third kappa shape index (κ3) is 4.59. The first-order valence-electron chi connectivity index (χ1n) is 7.29. The third-order valence-corrected chi connectivity index (χ3v) is 3.95. The van der Waals surface area contributed by atoms with Gasteiger partial charge >= 0.3 is 0 Å². The molecular formula is C16H27FN2. The molecule has 0 spiro atoms. The standard InChI is InChI=1S/C16H27FN2/c1-5-13(3)19(6-2)12-11-16(18-4)14-9-7-8-10-15(14)17/h7-10,13,16,18H,5-6,11-12H2,1-4H3. The van der Waals surface area contributed by atoms with E-state index in [0.29, 0.717) is 6.04 Å². The first-order valence-corrected chi connectivity index (χ1v) is 7.29. The van der Waals surface area contributed by atoms with Crippen LogP contribution >= 0.6 is 0 Å². The molecule has 19 heavy (non-hydrogen) atoms. The third-order valence-electron chi connectivity index (χ3n) is 3.95. The lowest BCUT2D eigenvalue weighted by molar-refractivity contribution is 0.204. The molecule has 108 valence electrons. The van der Waals surface area contributed by atoms with Crippen molar-refractivity contribution in [3.63, 3.8) is 0 Å². The van der Waals surface area contributed by atoms with Gasteiger partial charge in [-0.15, -0.1) is 0 Å². The molecule has 3 heteroatoms. The van der Waals surface area contributed by atoms with E-state index in [4.69, 9.17) is 0 Å². The van der Waals surface area contributed by atoms with E-state index in [0.717, 1.165) is 31.5 Å². The van der Waals surface area contributed by atoms with Crippen molar-refractivity contribution in [1.29, 1.82) is 0 Å². The van der Waals surface area contributed by atoms with Crippen LogP contribution in [-0.2, 0) is 0 Å². The Morgan fingerprint density at radius 3 is 2.47 bits per heavy atom. The van der Waals surface area contributed by atoms with Gasteiger partial charge in [-0.25, -0.2) is 4.39 Å². The molecule has 2 unspecified atom stereocenters. The Morgan fingerprint density at radius 1 is 1.26 bits per heavy atom. The second kappa shape index (κ2) is 8.28. The molecule has 2 atom stereocenters. The highest BCUT2D eigenvalue weighted by atomic mass is 19.1. The van der Waals surface area contributed by atoms with Crippen molar-refractivity contribution in [1.82, 2.24) is 10.2 Å². The summed E-state index contributed by atoms with van der Waals surface area (Å²) in [6, 6.07) is 7.71. The van der Waals surface area contributed by atoms with E-state index in [-0.39, 0.29) is 11.9 Å². The maximum absolute atomic E-state index is 13.8. The van der Waals surface area contributed by atoms with E-state index in [2.05, 4.69) is 31.0 Å². The quantitative estimate of drug-likeness (QED) is 0.773. The van der Waals surface area contributed by atoms with Gasteiger partial charge in [0.2, 0.25) is 0 Å². The Bertz CT molecular complexity index is 368. The summed E-state index contributed by atoms with van der Waals surface area (Å²) in [6.07, 6.45) is 2.08. The zero-order chi connectivity index (χ0) is 14.3. The maximum Gasteiger partial charge on any atom is 0.127 e. The lowest BCUT2D eigenvalue weighted by Crippen LogP contribution is -2.35. The molecule has 0 bridgehead atoms. The van der Waals surface area contributed by atoms with Crippen molar-refractivity contribution < 1.29 is 4.39 Å². The molecule has 0 aromatic heterocycles. The summed E-state index contributed by atoms with van der Waals surface area (Å²) >= 11 is 0. The molecule has 0 aliphatic carbocycles. The summed E-state index contributed by atoms with van der Waals surface area (Å²) in [5.74, 6) is -0.117. The second-order valence-corrected chi connectivity index (χ2v) is 5.04. The number of hydrogen-bond donors (Lipinski definition) is 1. The van der Waals surface area contributed by atoms with E-state index in [1.807, 2.05) is 19.2 Å². The molecule has 1 N–H and O–H groups in total. The van der Waals surface area contributed by atoms with E-state index < -0.39 is 0 Å². The molecule has 1 aromatic carbocycles. The summed E-state index contributed by atoms with van der Waals surface area (Å²) in [5.41, 5.74) is 0.769. The Morgan fingerprint density at radius 2 is 1.95 bits per heavy atom. The molecular weight excluding hydrogens is 239 g/mol. The average molecular weight is 266 g/mol. The smallest absolute Gasteiger partial charge is 0.127 e. The predicted molar refractivity (Wildman–Crippen MR) is 79.8 cm³/mol. The van der Waals surface area contributed by atoms with Crippen molar-refractivity contribution in [3.05, 3.63) is 35.6 Å². The van der Waals surface area contributed by atoms with Crippen molar-refractivity contribution in [2.24, 2.45) is 0 Å². The maximum atomic E-state index is 13.8. The van der Waals surface area contributed by atoms with Crippen LogP contribution in [0.3, 0.4) is 0 Å². The van der Waals surface area contributed by atoms with E-state index >= 15 is 0 Å². The van der Waals surface area contributed by atoms with Gasteiger partial charge in [0, 0.05) is 24.2 Å². The molecule has 0 amide bonds. The minimum Gasteiger partial charge on any atom is -0.313 e. The van der Waals surface area contributed by atoms with E-state index in [1.165, 1.54) is 6.07 Å². The number of benzene rings is 1. The molecule has 0 aliphatic heterocycles. The summed E-state index contributed by atoms with van der Waals surface area (Å²) in [6.45, 7) is 8.68. The molecule has 2 nitrogen and oxygen atoms in total. The van der Waals surface area contributed by atoms with Gasteiger partial charge in [-0.1, -0.05) is 32.0 Å². The van der Waals surface area contributed by atoms with Crippen LogP contribution in [0.25, 0.3) is 0 Å². The minimum atomic E-state index is -0.117. The van der Waals surface area contributed by atoms with Gasteiger partial charge < -0.3 is 10.2 Å². The molecule has 0 saturated heterocycles. The molecule has 0 saturated carbocycles. The highest BCUT2D eigenvalue weighted by Gasteiger charge is 2.16. The predicted octanol–water partition coefficient (Wildman–Crippen LogP) is 3.60.